The molecule has 0 bridgehead atoms. The zero-order valence-corrected chi connectivity index (χ0v) is 15.8. The van der Waals surface area contributed by atoms with E-state index in [1.165, 1.54) is 0 Å². The molecule has 2 atom stereocenters. The van der Waals surface area contributed by atoms with Crippen LogP contribution in [0.5, 0.6) is 5.75 Å². The van der Waals surface area contributed by atoms with Gasteiger partial charge in [0.05, 0.1) is 13.2 Å². The number of likely N-dealkylation sites (tertiary alicyclic amines) is 1. The summed E-state index contributed by atoms with van der Waals surface area (Å²) >= 11 is 5.19. The number of methoxy groups -OCH3 is 1. The van der Waals surface area contributed by atoms with E-state index in [9.17, 15) is 9.90 Å². The van der Waals surface area contributed by atoms with E-state index in [0.717, 1.165) is 40.0 Å². The molecular weight excluding hydrogens is 390 g/mol. The minimum Gasteiger partial charge on any atom is -0.496 e. The van der Waals surface area contributed by atoms with E-state index in [4.69, 9.17) is 4.74 Å². The van der Waals surface area contributed by atoms with Crippen molar-refractivity contribution < 1.29 is 14.6 Å². The van der Waals surface area contributed by atoms with Crippen LogP contribution >= 0.6 is 27.3 Å². The van der Waals surface area contributed by atoms with Crippen molar-refractivity contribution in [1.82, 2.24) is 4.90 Å². The second kappa shape index (κ2) is 7.68. The number of piperidine rings is 1. The number of hydrogen-bond donors (Lipinski definition) is 1. The van der Waals surface area contributed by atoms with E-state index < -0.39 is 12.0 Å². The van der Waals surface area contributed by atoms with Crippen molar-refractivity contribution in [2.24, 2.45) is 0 Å². The molecule has 0 radical (unpaired) electrons. The summed E-state index contributed by atoms with van der Waals surface area (Å²) in [6, 6.07) is 9.42. The molecule has 0 saturated carbocycles. The Hall–Kier alpha value is -1.37. The van der Waals surface area contributed by atoms with Crippen LogP contribution in [0.1, 0.15) is 35.7 Å². The predicted molar refractivity (Wildman–Crippen MR) is 98.8 cm³/mol. The number of ether oxygens (including phenoxy) is 1. The van der Waals surface area contributed by atoms with Crippen LogP contribution in [0.25, 0.3) is 0 Å². The fourth-order valence-electron chi connectivity index (χ4n) is 3.39. The van der Waals surface area contributed by atoms with Crippen LogP contribution < -0.4 is 4.74 Å². The molecule has 0 spiro atoms. The molecule has 2 heterocycles. The second-order valence-corrected chi connectivity index (χ2v) is 7.79. The largest absolute Gasteiger partial charge is 0.496 e. The topological polar surface area (TPSA) is 49.8 Å². The quantitative estimate of drug-likeness (QED) is 0.786. The Bertz CT molecular complexity index is 704. The van der Waals surface area contributed by atoms with Crippen molar-refractivity contribution in [3.63, 3.8) is 0 Å². The predicted octanol–water partition coefficient (Wildman–Crippen LogP) is 4.55. The maximum Gasteiger partial charge on any atom is 0.320 e. The Balaban J connectivity index is 2.11. The first-order valence-electron chi connectivity index (χ1n) is 7.97. The Kier molecular flexibility index (Phi) is 5.58. The number of nitrogens with zero attached hydrogens (tertiary/aromatic N) is 1. The molecule has 3 rings (SSSR count). The molecule has 128 valence electrons. The number of carboxylic acids is 1. The van der Waals surface area contributed by atoms with Crippen LogP contribution in [0.3, 0.4) is 0 Å². The number of rotatable bonds is 5. The van der Waals surface area contributed by atoms with Crippen LogP contribution in [0.15, 0.2) is 40.2 Å². The molecule has 0 amide bonds. The lowest BCUT2D eigenvalue weighted by Crippen LogP contribution is -2.46. The molecule has 1 aliphatic heterocycles. The van der Waals surface area contributed by atoms with Gasteiger partial charge in [-0.15, -0.1) is 11.3 Å². The fourth-order valence-corrected chi connectivity index (χ4v) is 4.63. The van der Waals surface area contributed by atoms with Crippen LogP contribution in [-0.2, 0) is 4.79 Å². The molecule has 1 fully saturated rings. The number of carbonyl (C=O) groups is 1. The summed E-state index contributed by atoms with van der Waals surface area (Å²) in [5.41, 5.74) is 1.00. The molecule has 1 aromatic carbocycles. The average Bonchev–Trinajstić information content (AvgIpc) is 3.10. The Labute approximate surface area is 154 Å². The second-order valence-electron chi connectivity index (χ2n) is 5.89. The summed E-state index contributed by atoms with van der Waals surface area (Å²) in [5.74, 6) is 0.0385. The van der Waals surface area contributed by atoms with Crippen molar-refractivity contribution in [3.8, 4) is 5.75 Å². The summed E-state index contributed by atoms with van der Waals surface area (Å²) in [4.78, 5) is 15.1. The zero-order valence-electron chi connectivity index (χ0n) is 13.4. The van der Waals surface area contributed by atoms with Gasteiger partial charge in [0, 0.05) is 14.9 Å². The fraction of sp³-hybridized carbons (Fsp3) is 0.389. The summed E-state index contributed by atoms with van der Waals surface area (Å²) in [5, 5.41) is 11.7. The van der Waals surface area contributed by atoms with Gasteiger partial charge in [0.1, 0.15) is 11.8 Å². The Morgan fingerprint density at radius 3 is 2.92 bits per heavy atom. The highest BCUT2D eigenvalue weighted by atomic mass is 79.9. The SMILES string of the molecule is COc1ccc(Br)cc1C(c1cccs1)N1CCCCC1C(=O)O. The minimum absolute atomic E-state index is 0.112. The molecule has 24 heavy (non-hydrogen) atoms. The molecule has 1 saturated heterocycles. The molecular formula is C18H20BrNO3S. The summed E-state index contributed by atoms with van der Waals surface area (Å²) in [7, 11) is 1.66. The molecule has 2 unspecified atom stereocenters. The van der Waals surface area contributed by atoms with Gasteiger partial charge in [-0.2, -0.15) is 0 Å². The summed E-state index contributed by atoms with van der Waals surface area (Å²) < 4.78 is 6.54. The highest BCUT2D eigenvalue weighted by Crippen LogP contribution is 2.41. The van der Waals surface area contributed by atoms with Gasteiger partial charge in [-0.3, -0.25) is 9.69 Å². The lowest BCUT2D eigenvalue weighted by atomic mass is 9.95. The van der Waals surface area contributed by atoms with Crippen LogP contribution in [-0.4, -0.2) is 35.7 Å². The molecule has 6 heteroatoms. The first-order valence-corrected chi connectivity index (χ1v) is 9.64. The lowest BCUT2D eigenvalue weighted by Gasteiger charge is -2.39. The van der Waals surface area contributed by atoms with Crippen molar-refractivity contribution in [3.05, 3.63) is 50.6 Å². The van der Waals surface area contributed by atoms with Crippen molar-refractivity contribution in [1.29, 1.82) is 0 Å². The number of thiophene rings is 1. The van der Waals surface area contributed by atoms with E-state index in [0.29, 0.717) is 6.42 Å². The molecule has 4 nitrogen and oxygen atoms in total. The van der Waals surface area contributed by atoms with Gasteiger partial charge in [-0.05, 0) is 49.0 Å². The van der Waals surface area contributed by atoms with E-state index in [2.05, 4.69) is 26.9 Å². The average molecular weight is 410 g/mol. The number of hydrogen-bond acceptors (Lipinski definition) is 4. The van der Waals surface area contributed by atoms with E-state index in [1.807, 2.05) is 29.6 Å². The van der Waals surface area contributed by atoms with Crippen LogP contribution in [0.2, 0.25) is 0 Å². The third kappa shape index (κ3) is 3.50. The maximum absolute atomic E-state index is 11.8. The van der Waals surface area contributed by atoms with Gasteiger partial charge in [0.2, 0.25) is 0 Å². The van der Waals surface area contributed by atoms with E-state index in [-0.39, 0.29) is 6.04 Å². The first kappa shape index (κ1) is 17.5. The van der Waals surface area contributed by atoms with Crippen LogP contribution in [0, 0.1) is 0 Å². The molecule has 1 N–H and O–H groups in total. The van der Waals surface area contributed by atoms with Crippen molar-refractivity contribution in [2.75, 3.05) is 13.7 Å². The Morgan fingerprint density at radius 2 is 2.25 bits per heavy atom. The highest BCUT2D eigenvalue weighted by Gasteiger charge is 2.36. The smallest absolute Gasteiger partial charge is 0.320 e. The van der Waals surface area contributed by atoms with Gasteiger partial charge in [0.15, 0.2) is 0 Å². The third-order valence-corrected chi connectivity index (χ3v) is 5.88. The molecule has 2 aromatic rings. The van der Waals surface area contributed by atoms with Gasteiger partial charge >= 0.3 is 5.97 Å². The standard InChI is InChI=1S/C18H20BrNO3S/c1-23-15-8-7-12(19)11-13(15)17(16-6-4-10-24-16)20-9-3-2-5-14(20)18(21)22/h4,6-8,10-11,14,17H,2-3,5,9H2,1H3,(H,21,22). The van der Waals surface area contributed by atoms with Crippen molar-refractivity contribution in [2.45, 2.75) is 31.3 Å². The zero-order chi connectivity index (χ0) is 17.1. The number of halogens is 1. The van der Waals surface area contributed by atoms with Crippen molar-refractivity contribution >= 4 is 33.2 Å². The van der Waals surface area contributed by atoms with Crippen LogP contribution in [0.4, 0.5) is 0 Å². The number of benzene rings is 1. The van der Waals surface area contributed by atoms with Gasteiger partial charge in [0.25, 0.3) is 0 Å². The highest BCUT2D eigenvalue weighted by molar-refractivity contribution is 9.10. The molecule has 0 aliphatic carbocycles. The van der Waals surface area contributed by atoms with E-state index >= 15 is 0 Å². The summed E-state index contributed by atoms with van der Waals surface area (Å²) in [6.07, 6.45) is 2.66. The minimum atomic E-state index is -0.745. The van der Waals surface area contributed by atoms with Gasteiger partial charge < -0.3 is 9.84 Å². The molecule has 1 aliphatic rings. The molecule has 1 aromatic heterocycles. The van der Waals surface area contributed by atoms with E-state index in [1.54, 1.807) is 18.4 Å². The summed E-state index contributed by atoms with van der Waals surface area (Å²) in [6.45, 7) is 0.773. The number of aliphatic carboxylic acids is 1. The Morgan fingerprint density at radius 1 is 1.42 bits per heavy atom. The monoisotopic (exact) mass is 409 g/mol. The lowest BCUT2D eigenvalue weighted by molar-refractivity contribution is -0.145. The number of carboxylic acid groups (broad SMARTS) is 1. The normalized spacial score (nSPS) is 19.8. The first-order chi connectivity index (χ1) is 11.6. The van der Waals surface area contributed by atoms with Gasteiger partial charge in [-0.1, -0.05) is 28.4 Å². The van der Waals surface area contributed by atoms with Gasteiger partial charge in [-0.25, -0.2) is 0 Å². The maximum atomic E-state index is 11.8. The third-order valence-electron chi connectivity index (χ3n) is 4.46.